The molecule has 0 spiro atoms. The molecule has 0 aliphatic carbocycles. The topological polar surface area (TPSA) is 82.5 Å². The van der Waals surface area contributed by atoms with E-state index < -0.39 is 24.5 Å². The molecule has 0 fully saturated rings. The van der Waals surface area contributed by atoms with E-state index in [0.29, 0.717) is 5.65 Å². The second-order valence-corrected chi connectivity index (χ2v) is 20.2. The Hall–Kier alpha value is -1.31. The monoisotopic (exact) mass is 468 g/mol. The van der Waals surface area contributed by atoms with Gasteiger partial charge in [0.2, 0.25) is 0 Å². The SMILES string of the molecule is CCC[CH2][Sn]([CH2]CCC)([CH2]CCC)[c]1cn2ccnc2c(OC(N)=O)n1. The van der Waals surface area contributed by atoms with E-state index in [0.717, 1.165) is 0 Å². The minimum atomic E-state index is -2.72. The van der Waals surface area contributed by atoms with Gasteiger partial charge in [0, 0.05) is 0 Å². The standard InChI is InChI=1S/C7H5N4O2.3C4H9.Sn/c8-7(12)13-6-5-9-1-3-11(5)4-2-10-6;3*1-3-4-2;/h1,3-4H,(H2,8,12);3*1,3-4H2,2H3;. The van der Waals surface area contributed by atoms with Crippen LogP contribution in [0, 0.1) is 0 Å². The van der Waals surface area contributed by atoms with Crippen LogP contribution >= 0.6 is 0 Å². The van der Waals surface area contributed by atoms with Crippen LogP contribution in [-0.4, -0.2) is 38.8 Å². The molecule has 2 N–H and O–H groups in total. The maximum absolute atomic E-state index is 11.4. The number of fused-ring (bicyclic) bond motifs is 1. The van der Waals surface area contributed by atoms with Crippen molar-refractivity contribution in [3.8, 4) is 5.88 Å². The number of nitrogens with zero attached hydrogens (tertiary/aromatic N) is 3. The van der Waals surface area contributed by atoms with Crippen molar-refractivity contribution in [3.63, 3.8) is 0 Å². The van der Waals surface area contributed by atoms with Gasteiger partial charge in [-0.25, -0.2) is 0 Å². The van der Waals surface area contributed by atoms with Crippen molar-refractivity contribution in [2.45, 2.75) is 72.6 Å². The van der Waals surface area contributed by atoms with E-state index in [-0.39, 0.29) is 5.88 Å². The first-order valence-corrected chi connectivity index (χ1v) is 17.4. The molecule has 2 aromatic heterocycles. The van der Waals surface area contributed by atoms with E-state index in [9.17, 15) is 4.79 Å². The molecular formula is C19H32N4O2Sn. The van der Waals surface area contributed by atoms with Gasteiger partial charge >= 0.3 is 161 Å². The fourth-order valence-corrected chi connectivity index (χ4v) is 18.9. The summed E-state index contributed by atoms with van der Waals surface area (Å²) in [7, 11) is 0. The first-order chi connectivity index (χ1) is 12.6. The zero-order valence-electron chi connectivity index (χ0n) is 16.3. The van der Waals surface area contributed by atoms with Gasteiger partial charge < -0.3 is 0 Å². The Morgan fingerprint density at radius 2 is 1.69 bits per heavy atom. The fraction of sp³-hybridized carbons (Fsp3) is 0.632. The van der Waals surface area contributed by atoms with Gasteiger partial charge in [0.1, 0.15) is 0 Å². The van der Waals surface area contributed by atoms with Crippen LogP contribution in [0.3, 0.4) is 0 Å². The second kappa shape index (κ2) is 10.1. The molecule has 0 atom stereocenters. The maximum atomic E-state index is 11.4. The van der Waals surface area contributed by atoms with Gasteiger partial charge in [-0.15, -0.1) is 0 Å². The number of hydrogen-bond donors (Lipinski definition) is 1. The molecule has 2 rings (SSSR count). The van der Waals surface area contributed by atoms with Crippen molar-refractivity contribution in [1.29, 1.82) is 0 Å². The molecule has 0 aromatic carbocycles. The summed E-state index contributed by atoms with van der Waals surface area (Å²) in [6.45, 7) is 6.76. The summed E-state index contributed by atoms with van der Waals surface area (Å²) < 4.78 is 12.2. The summed E-state index contributed by atoms with van der Waals surface area (Å²) in [6.07, 6.45) is 12.3. The molecule has 0 bridgehead atoms. The van der Waals surface area contributed by atoms with Gasteiger partial charge in [-0.1, -0.05) is 0 Å². The number of amides is 1. The zero-order chi connectivity index (χ0) is 19.0. The van der Waals surface area contributed by atoms with E-state index >= 15 is 0 Å². The summed E-state index contributed by atoms with van der Waals surface area (Å²) in [5.41, 5.74) is 5.81. The minimum absolute atomic E-state index is 0.255. The third-order valence-electron chi connectivity index (χ3n) is 5.11. The molecule has 26 heavy (non-hydrogen) atoms. The van der Waals surface area contributed by atoms with Crippen LogP contribution in [-0.2, 0) is 0 Å². The van der Waals surface area contributed by atoms with E-state index in [1.165, 1.54) is 55.5 Å². The third-order valence-corrected chi connectivity index (χ3v) is 20.1. The van der Waals surface area contributed by atoms with Crippen LogP contribution in [0.5, 0.6) is 5.88 Å². The van der Waals surface area contributed by atoms with Crippen molar-refractivity contribution >= 4 is 33.8 Å². The summed E-state index contributed by atoms with van der Waals surface area (Å²) in [5.74, 6) is 0.255. The quantitative estimate of drug-likeness (QED) is 0.502. The predicted molar refractivity (Wildman–Crippen MR) is 108 cm³/mol. The van der Waals surface area contributed by atoms with E-state index in [1.807, 2.05) is 10.6 Å². The molecule has 2 heterocycles. The Bertz CT molecular complexity index is 695. The van der Waals surface area contributed by atoms with E-state index in [1.54, 1.807) is 6.20 Å². The van der Waals surface area contributed by atoms with E-state index in [2.05, 4.69) is 32.0 Å². The number of aromatic nitrogens is 3. The molecule has 2 aromatic rings. The molecule has 1 amide bonds. The summed E-state index contributed by atoms with van der Waals surface area (Å²) in [5, 5.41) is 0. The van der Waals surface area contributed by atoms with Crippen LogP contribution in [0.4, 0.5) is 4.79 Å². The molecule has 0 saturated heterocycles. The molecular weight excluding hydrogens is 435 g/mol. The average Bonchev–Trinajstić information content (AvgIpc) is 3.10. The molecule has 144 valence electrons. The molecule has 6 nitrogen and oxygen atoms in total. The zero-order valence-corrected chi connectivity index (χ0v) is 19.2. The number of rotatable bonds is 11. The first-order valence-electron chi connectivity index (χ1n) is 9.87. The summed E-state index contributed by atoms with van der Waals surface area (Å²) >= 11 is -2.72. The van der Waals surface area contributed by atoms with Crippen molar-refractivity contribution in [2.24, 2.45) is 5.73 Å². The van der Waals surface area contributed by atoms with Gasteiger partial charge in [-0.05, 0) is 0 Å². The van der Waals surface area contributed by atoms with Gasteiger partial charge in [0.15, 0.2) is 0 Å². The number of nitrogens with two attached hydrogens (primary N) is 1. The number of hydrogen-bond acceptors (Lipinski definition) is 4. The van der Waals surface area contributed by atoms with Crippen LogP contribution in [0.1, 0.15) is 59.3 Å². The number of carbonyl (C=O) groups excluding carboxylic acids is 1. The van der Waals surface area contributed by atoms with Crippen LogP contribution in [0.15, 0.2) is 18.6 Å². The van der Waals surface area contributed by atoms with Crippen LogP contribution in [0.2, 0.25) is 13.3 Å². The van der Waals surface area contributed by atoms with E-state index in [4.69, 9.17) is 15.5 Å². The number of imidazole rings is 1. The van der Waals surface area contributed by atoms with Crippen molar-refractivity contribution in [1.82, 2.24) is 14.4 Å². The fourth-order valence-electron chi connectivity index (χ4n) is 3.63. The Labute approximate surface area is 160 Å². The number of ether oxygens (including phenoxy) is 1. The first kappa shape index (κ1) is 21.0. The molecule has 0 unspecified atom stereocenters. The third kappa shape index (κ3) is 5.11. The van der Waals surface area contributed by atoms with Crippen molar-refractivity contribution in [3.05, 3.63) is 18.6 Å². The Kier molecular flexibility index (Phi) is 8.18. The molecule has 0 aliphatic rings. The van der Waals surface area contributed by atoms with Crippen LogP contribution < -0.4 is 14.2 Å². The van der Waals surface area contributed by atoms with Gasteiger partial charge in [0.25, 0.3) is 0 Å². The Balaban J connectivity index is 2.54. The molecule has 0 saturated carbocycles. The van der Waals surface area contributed by atoms with Gasteiger partial charge in [-0.3, -0.25) is 0 Å². The van der Waals surface area contributed by atoms with Crippen molar-refractivity contribution in [2.75, 3.05) is 0 Å². The molecule has 7 heteroatoms. The predicted octanol–water partition coefficient (Wildman–Crippen LogP) is 4.24. The molecule has 0 radical (unpaired) electrons. The number of unbranched alkanes of at least 4 members (excludes halogenated alkanes) is 3. The average molecular weight is 467 g/mol. The van der Waals surface area contributed by atoms with Crippen molar-refractivity contribution < 1.29 is 9.53 Å². The summed E-state index contributed by atoms with van der Waals surface area (Å²) in [4.78, 5) is 20.5. The van der Waals surface area contributed by atoms with Gasteiger partial charge in [0.05, 0.1) is 0 Å². The normalized spacial score (nSPS) is 11.8. The van der Waals surface area contributed by atoms with Crippen LogP contribution in [0.25, 0.3) is 5.65 Å². The summed E-state index contributed by atoms with van der Waals surface area (Å²) in [6, 6.07) is 0. The Morgan fingerprint density at radius 1 is 1.12 bits per heavy atom. The van der Waals surface area contributed by atoms with Gasteiger partial charge in [-0.2, -0.15) is 0 Å². The molecule has 0 aliphatic heterocycles. The number of primary amides is 1. The second-order valence-electron chi connectivity index (χ2n) is 7.10. The Morgan fingerprint density at radius 3 is 2.19 bits per heavy atom. The number of carbonyl (C=O) groups is 1.